The second-order valence-corrected chi connectivity index (χ2v) is 5.63. The average Bonchev–Trinajstić information content (AvgIpc) is 2.34. The van der Waals surface area contributed by atoms with Crippen molar-refractivity contribution >= 4 is 5.97 Å². The summed E-state index contributed by atoms with van der Waals surface area (Å²) in [6.45, 7) is 5.84. The molecule has 0 heterocycles. The number of likely N-dealkylation sites (N-methyl/N-ethyl adjacent to an activating group) is 1. The highest BCUT2D eigenvalue weighted by molar-refractivity contribution is 5.73. The van der Waals surface area contributed by atoms with Crippen LogP contribution in [0.5, 0.6) is 0 Å². The fourth-order valence-electron chi connectivity index (χ4n) is 2.76. The highest BCUT2D eigenvalue weighted by Crippen LogP contribution is 2.26. The molecule has 1 aliphatic carbocycles. The highest BCUT2D eigenvalue weighted by Gasteiger charge is 2.23. The third kappa shape index (κ3) is 4.94. The summed E-state index contributed by atoms with van der Waals surface area (Å²) in [5, 5.41) is 12.1. The Kier molecular flexibility index (Phi) is 6.65. The van der Waals surface area contributed by atoms with E-state index in [4.69, 9.17) is 5.11 Å². The first-order valence-corrected chi connectivity index (χ1v) is 7.21. The molecule has 0 radical (unpaired) electrons. The van der Waals surface area contributed by atoms with Crippen molar-refractivity contribution in [3.63, 3.8) is 0 Å². The summed E-state index contributed by atoms with van der Waals surface area (Å²) in [4.78, 5) is 13.4. The molecule has 0 saturated heterocycles. The zero-order chi connectivity index (χ0) is 13.5. The van der Waals surface area contributed by atoms with Crippen LogP contribution in [0.25, 0.3) is 0 Å². The second-order valence-electron chi connectivity index (χ2n) is 5.63. The Balaban J connectivity index is 2.30. The number of carbonyl (C=O) groups is 1. The van der Waals surface area contributed by atoms with Crippen LogP contribution in [-0.2, 0) is 4.79 Å². The fraction of sp³-hybridized carbons (Fsp3) is 0.929. The van der Waals surface area contributed by atoms with E-state index in [1.165, 1.54) is 25.7 Å². The van der Waals surface area contributed by atoms with Gasteiger partial charge >= 0.3 is 5.97 Å². The Morgan fingerprint density at radius 1 is 1.39 bits per heavy atom. The van der Waals surface area contributed by atoms with E-state index in [1.807, 2.05) is 6.92 Å². The van der Waals surface area contributed by atoms with Crippen molar-refractivity contribution in [2.24, 2.45) is 5.92 Å². The standard InChI is InChI=1S/C14H28N2O2/c1-4-15-13(14(17)18)9-10-16(3)12-7-5-11(2)6-8-12/h11-13,15H,4-10H2,1-3H3,(H,17,18). The summed E-state index contributed by atoms with van der Waals surface area (Å²) in [5.41, 5.74) is 0. The Labute approximate surface area is 111 Å². The van der Waals surface area contributed by atoms with Gasteiger partial charge in [-0.05, 0) is 51.6 Å². The molecule has 1 atom stereocenters. The molecule has 1 unspecified atom stereocenters. The maximum atomic E-state index is 11.0. The van der Waals surface area contributed by atoms with Crippen molar-refractivity contribution in [3.8, 4) is 0 Å². The molecule has 0 bridgehead atoms. The van der Waals surface area contributed by atoms with Gasteiger partial charge in [-0.25, -0.2) is 0 Å². The lowest BCUT2D eigenvalue weighted by atomic mass is 9.86. The molecule has 1 fully saturated rings. The molecule has 106 valence electrons. The van der Waals surface area contributed by atoms with Crippen LogP contribution in [0.15, 0.2) is 0 Å². The summed E-state index contributed by atoms with van der Waals surface area (Å²) in [7, 11) is 2.13. The van der Waals surface area contributed by atoms with Crippen LogP contribution >= 0.6 is 0 Å². The van der Waals surface area contributed by atoms with Crippen molar-refractivity contribution in [3.05, 3.63) is 0 Å². The van der Waals surface area contributed by atoms with Gasteiger partial charge in [0.2, 0.25) is 0 Å². The molecule has 0 aromatic carbocycles. The van der Waals surface area contributed by atoms with E-state index in [1.54, 1.807) is 0 Å². The first-order chi connectivity index (χ1) is 8.54. The van der Waals surface area contributed by atoms with E-state index < -0.39 is 12.0 Å². The van der Waals surface area contributed by atoms with Gasteiger partial charge < -0.3 is 15.3 Å². The summed E-state index contributed by atoms with van der Waals surface area (Å²) in [6.07, 6.45) is 5.83. The minimum atomic E-state index is -0.734. The zero-order valence-electron chi connectivity index (χ0n) is 12.0. The van der Waals surface area contributed by atoms with E-state index >= 15 is 0 Å². The average molecular weight is 256 g/mol. The number of rotatable bonds is 7. The Morgan fingerprint density at radius 2 is 2.00 bits per heavy atom. The molecular weight excluding hydrogens is 228 g/mol. The minimum Gasteiger partial charge on any atom is -0.480 e. The Bertz CT molecular complexity index is 250. The maximum Gasteiger partial charge on any atom is 0.320 e. The number of nitrogens with one attached hydrogen (secondary N) is 1. The molecule has 0 amide bonds. The highest BCUT2D eigenvalue weighted by atomic mass is 16.4. The number of aliphatic carboxylic acids is 1. The van der Waals surface area contributed by atoms with Gasteiger partial charge in [-0.2, -0.15) is 0 Å². The lowest BCUT2D eigenvalue weighted by Gasteiger charge is -2.34. The van der Waals surface area contributed by atoms with Crippen molar-refractivity contribution in [2.75, 3.05) is 20.1 Å². The molecule has 1 rings (SSSR count). The first-order valence-electron chi connectivity index (χ1n) is 7.21. The normalized spacial score (nSPS) is 26.2. The molecule has 2 N–H and O–H groups in total. The molecule has 0 spiro atoms. The van der Waals surface area contributed by atoms with Crippen LogP contribution in [0.1, 0.15) is 46.0 Å². The van der Waals surface area contributed by atoms with E-state index in [9.17, 15) is 4.79 Å². The summed E-state index contributed by atoms with van der Waals surface area (Å²) < 4.78 is 0. The van der Waals surface area contributed by atoms with Gasteiger partial charge in [0.05, 0.1) is 0 Å². The molecule has 18 heavy (non-hydrogen) atoms. The summed E-state index contributed by atoms with van der Waals surface area (Å²) >= 11 is 0. The topological polar surface area (TPSA) is 52.6 Å². The van der Waals surface area contributed by atoms with Gasteiger partial charge in [0.1, 0.15) is 6.04 Å². The lowest BCUT2D eigenvalue weighted by Crippen LogP contribution is -2.42. The maximum absolute atomic E-state index is 11.0. The number of carboxylic acid groups (broad SMARTS) is 1. The molecule has 4 nitrogen and oxygen atoms in total. The Morgan fingerprint density at radius 3 is 2.50 bits per heavy atom. The van der Waals surface area contributed by atoms with Crippen LogP contribution < -0.4 is 5.32 Å². The zero-order valence-corrected chi connectivity index (χ0v) is 12.0. The van der Waals surface area contributed by atoms with Gasteiger partial charge in [0, 0.05) is 12.6 Å². The summed E-state index contributed by atoms with van der Waals surface area (Å²) in [5.74, 6) is 0.130. The minimum absolute atomic E-state index is 0.403. The Hall–Kier alpha value is -0.610. The first kappa shape index (κ1) is 15.4. The third-order valence-electron chi connectivity index (χ3n) is 4.13. The fourth-order valence-corrected chi connectivity index (χ4v) is 2.76. The van der Waals surface area contributed by atoms with E-state index in [2.05, 4.69) is 24.2 Å². The molecule has 0 aromatic rings. The van der Waals surface area contributed by atoms with Crippen LogP contribution in [0.3, 0.4) is 0 Å². The molecule has 0 aliphatic heterocycles. The number of hydrogen-bond donors (Lipinski definition) is 2. The van der Waals surface area contributed by atoms with Gasteiger partial charge in [-0.3, -0.25) is 4.79 Å². The lowest BCUT2D eigenvalue weighted by molar-refractivity contribution is -0.139. The summed E-state index contributed by atoms with van der Waals surface area (Å²) in [6, 6.07) is 0.247. The predicted molar refractivity (Wildman–Crippen MR) is 73.8 cm³/mol. The molecule has 1 saturated carbocycles. The number of carboxylic acids is 1. The molecule has 0 aromatic heterocycles. The smallest absolute Gasteiger partial charge is 0.320 e. The largest absolute Gasteiger partial charge is 0.480 e. The van der Waals surface area contributed by atoms with Crippen LogP contribution in [-0.4, -0.2) is 48.2 Å². The number of hydrogen-bond acceptors (Lipinski definition) is 3. The van der Waals surface area contributed by atoms with Gasteiger partial charge in [-0.15, -0.1) is 0 Å². The molecule has 4 heteroatoms. The van der Waals surface area contributed by atoms with Crippen molar-refractivity contribution in [2.45, 2.75) is 58.0 Å². The van der Waals surface area contributed by atoms with Gasteiger partial charge in [0.25, 0.3) is 0 Å². The quantitative estimate of drug-likeness (QED) is 0.731. The number of nitrogens with zero attached hydrogens (tertiary/aromatic N) is 1. The van der Waals surface area contributed by atoms with E-state index in [-0.39, 0.29) is 0 Å². The van der Waals surface area contributed by atoms with Crippen LogP contribution in [0, 0.1) is 5.92 Å². The van der Waals surface area contributed by atoms with Crippen molar-refractivity contribution < 1.29 is 9.90 Å². The van der Waals surface area contributed by atoms with Crippen molar-refractivity contribution in [1.29, 1.82) is 0 Å². The monoisotopic (exact) mass is 256 g/mol. The third-order valence-corrected chi connectivity index (χ3v) is 4.13. The molecule has 1 aliphatic rings. The van der Waals surface area contributed by atoms with E-state index in [0.717, 1.165) is 12.5 Å². The van der Waals surface area contributed by atoms with E-state index in [0.29, 0.717) is 19.0 Å². The SMILES string of the molecule is CCNC(CCN(C)C1CCC(C)CC1)C(=O)O. The van der Waals surface area contributed by atoms with Crippen LogP contribution in [0.2, 0.25) is 0 Å². The van der Waals surface area contributed by atoms with Gasteiger partial charge in [0.15, 0.2) is 0 Å². The van der Waals surface area contributed by atoms with Crippen LogP contribution in [0.4, 0.5) is 0 Å². The molecular formula is C14H28N2O2. The second kappa shape index (κ2) is 7.74. The predicted octanol–water partition coefficient (Wildman–Crippen LogP) is 1.95. The van der Waals surface area contributed by atoms with Gasteiger partial charge in [-0.1, -0.05) is 13.8 Å². The van der Waals surface area contributed by atoms with Crippen molar-refractivity contribution in [1.82, 2.24) is 10.2 Å².